The molecule has 6 heteroatoms. The molecule has 1 aromatic rings. The summed E-state index contributed by atoms with van der Waals surface area (Å²) < 4.78 is 0. The van der Waals surface area contributed by atoms with E-state index in [-0.39, 0.29) is 11.7 Å². The van der Waals surface area contributed by atoms with Gasteiger partial charge in [0.05, 0.1) is 0 Å². The average molecular weight is 361 g/mol. The molecular formula is C20H32N4O2. The lowest BCUT2D eigenvalue weighted by atomic mass is 10.0. The quantitative estimate of drug-likeness (QED) is 0.310. The first-order valence-corrected chi connectivity index (χ1v) is 9.78. The molecule has 0 atom stereocenters. The molecule has 0 spiro atoms. The summed E-state index contributed by atoms with van der Waals surface area (Å²) in [5.41, 5.74) is 0.537. The molecule has 1 aromatic carbocycles. The molecule has 4 N–H and O–H groups in total. The molecule has 6 nitrogen and oxygen atoms in total. The summed E-state index contributed by atoms with van der Waals surface area (Å²) in [6.07, 6.45) is 8.00. The molecule has 0 aliphatic heterocycles. The van der Waals surface area contributed by atoms with Crippen LogP contribution in [-0.4, -0.2) is 43.2 Å². The van der Waals surface area contributed by atoms with E-state index in [9.17, 15) is 9.90 Å². The number of rotatable bonds is 9. The van der Waals surface area contributed by atoms with Crippen LogP contribution in [0.3, 0.4) is 0 Å². The third-order valence-corrected chi connectivity index (χ3v) is 4.69. The van der Waals surface area contributed by atoms with Gasteiger partial charge in [-0.05, 0) is 49.9 Å². The lowest BCUT2D eigenvalue weighted by Crippen LogP contribution is -2.41. The number of nitrogens with one attached hydrogen (secondary N) is 3. The highest BCUT2D eigenvalue weighted by Gasteiger charge is 2.13. The first kappa shape index (κ1) is 20.1. The number of benzene rings is 1. The monoisotopic (exact) mass is 360 g/mol. The highest BCUT2D eigenvalue weighted by atomic mass is 16.3. The third-order valence-electron chi connectivity index (χ3n) is 4.69. The molecular weight excluding hydrogens is 328 g/mol. The van der Waals surface area contributed by atoms with Gasteiger partial charge in [-0.25, -0.2) is 0 Å². The van der Waals surface area contributed by atoms with Crippen molar-refractivity contribution in [1.82, 2.24) is 16.0 Å². The second-order valence-corrected chi connectivity index (χ2v) is 6.78. The van der Waals surface area contributed by atoms with E-state index in [2.05, 4.69) is 20.9 Å². The normalized spacial score (nSPS) is 15.0. The van der Waals surface area contributed by atoms with Crippen LogP contribution in [0.1, 0.15) is 55.8 Å². The average Bonchev–Trinajstić information content (AvgIpc) is 3.16. The number of carbonyl (C=O) groups excluding carboxylic acids is 1. The second kappa shape index (κ2) is 11.4. The van der Waals surface area contributed by atoms with Crippen molar-refractivity contribution in [2.24, 2.45) is 10.9 Å². The minimum Gasteiger partial charge on any atom is -0.508 e. The molecule has 0 heterocycles. The second-order valence-electron chi connectivity index (χ2n) is 6.78. The largest absolute Gasteiger partial charge is 0.508 e. The molecule has 1 fully saturated rings. The maximum atomic E-state index is 12.0. The van der Waals surface area contributed by atoms with Gasteiger partial charge in [-0.2, -0.15) is 0 Å². The number of aliphatic imine (C=N–C) groups is 1. The Morgan fingerprint density at radius 2 is 1.81 bits per heavy atom. The number of carbonyl (C=O) groups is 1. The number of phenolic OH excluding ortho intramolecular Hbond substituents is 1. The van der Waals surface area contributed by atoms with Crippen LogP contribution in [0.15, 0.2) is 29.3 Å². The van der Waals surface area contributed by atoms with E-state index in [0.29, 0.717) is 18.7 Å². The van der Waals surface area contributed by atoms with E-state index in [1.54, 1.807) is 12.1 Å². The van der Waals surface area contributed by atoms with Crippen LogP contribution in [-0.2, 0) is 0 Å². The Balaban J connectivity index is 1.64. The third kappa shape index (κ3) is 7.33. The van der Waals surface area contributed by atoms with Crippen molar-refractivity contribution in [2.75, 3.05) is 26.2 Å². The summed E-state index contributed by atoms with van der Waals surface area (Å²) in [6.45, 7) is 4.81. The summed E-state index contributed by atoms with van der Waals surface area (Å²) in [5, 5.41) is 18.6. The summed E-state index contributed by atoms with van der Waals surface area (Å²) >= 11 is 0. The molecule has 0 saturated heterocycles. The van der Waals surface area contributed by atoms with Crippen LogP contribution < -0.4 is 16.0 Å². The Morgan fingerprint density at radius 1 is 1.12 bits per heavy atom. The van der Waals surface area contributed by atoms with Crippen LogP contribution >= 0.6 is 0 Å². The lowest BCUT2D eigenvalue weighted by molar-refractivity contribution is 0.0954. The van der Waals surface area contributed by atoms with E-state index in [0.717, 1.165) is 31.4 Å². The van der Waals surface area contributed by atoms with Crippen molar-refractivity contribution in [1.29, 1.82) is 0 Å². The minimum absolute atomic E-state index is 0.148. The predicted octanol–water partition coefficient (Wildman–Crippen LogP) is 2.65. The number of phenols is 1. The lowest BCUT2D eigenvalue weighted by Gasteiger charge is -2.12. The van der Waals surface area contributed by atoms with Crippen molar-refractivity contribution < 1.29 is 9.90 Å². The van der Waals surface area contributed by atoms with Crippen molar-refractivity contribution in [2.45, 2.75) is 45.4 Å². The molecule has 0 aromatic heterocycles. The Bertz CT molecular complexity index is 566. The fraction of sp³-hybridized carbons (Fsp3) is 0.600. The van der Waals surface area contributed by atoms with Crippen molar-refractivity contribution in [3.8, 4) is 5.75 Å². The molecule has 0 radical (unpaired) electrons. The molecule has 1 aliphatic carbocycles. The van der Waals surface area contributed by atoms with Gasteiger partial charge in [0.15, 0.2) is 5.96 Å². The SMILES string of the molecule is CCNC(=NCCCC1CCCC1)NCCNC(=O)c1ccc(O)cc1. The fourth-order valence-corrected chi connectivity index (χ4v) is 3.28. The highest BCUT2D eigenvalue weighted by Crippen LogP contribution is 2.28. The number of aromatic hydroxyl groups is 1. The van der Waals surface area contributed by atoms with Gasteiger partial charge < -0.3 is 21.1 Å². The summed E-state index contributed by atoms with van der Waals surface area (Å²) in [5.74, 6) is 1.72. The van der Waals surface area contributed by atoms with Gasteiger partial charge >= 0.3 is 0 Å². The molecule has 2 rings (SSSR count). The zero-order valence-electron chi connectivity index (χ0n) is 15.8. The summed E-state index contributed by atoms with van der Waals surface area (Å²) in [6, 6.07) is 6.23. The van der Waals surface area contributed by atoms with Crippen LogP contribution in [0.25, 0.3) is 0 Å². The van der Waals surface area contributed by atoms with Crippen LogP contribution in [0.2, 0.25) is 0 Å². The number of guanidine groups is 1. The van der Waals surface area contributed by atoms with Gasteiger partial charge in [-0.3, -0.25) is 9.79 Å². The minimum atomic E-state index is -0.148. The Kier molecular flexibility index (Phi) is 8.79. The number of nitrogens with zero attached hydrogens (tertiary/aromatic N) is 1. The molecule has 144 valence electrons. The topological polar surface area (TPSA) is 85.8 Å². The standard InChI is InChI=1S/C20H32N4O2/c1-2-21-20(23-13-5-8-16-6-3-4-7-16)24-15-14-22-19(26)17-9-11-18(25)12-10-17/h9-12,16,25H,2-8,13-15H2,1H3,(H,22,26)(H2,21,23,24). The van der Waals surface area contributed by atoms with Gasteiger partial charge in [-0.1, -0.05) is 25.7 Å². The maximum absolute atomic E-state index is 12.0. The molecule has 0 unspecified atom stereocenters. The van der Waals surface area contributed by atoms with Crippen molar-refractivity contribution in [3.05, 3.63) is 29.8 Å². The van der Waals surface area contributed by atoms with Crippen LogP contribution in [0.4, 0.5) is 0 Å². The summed E-state index contributed by atoms with van der Waals surface area (Å²) in [4.78, 5) is 16.6. The Morgan fingerprint density at radius 3 is 2.50 bits per heavy atom. The van der Waals surface area contributed by atoms with Crippen LogP contribution in [0.5, 0.6) is 5.75 Å². The van der Waals surface area contributed by atoms with Gasteiger partial charge in [0.25, 0.3) is 5.91 Å². The Labute approximate surface area is 156 Å². The van der Waals surface area contributed by atoms with Gasteiger partial charge in [0.1, 0.15) is 5.75 Å². The molecule has 1 amide bonds. The first-order valence-electron chi connectivity index (χ1n) is 9.78. The van der Waals surface area contributed by atoms with Crippen LogP contribution in [0, 0.1) is 5.92 Å². The van der Waals surface area contributed by atoms with Gasteiger partial charge in [0.2, 0.25) is 0 Å². The number of hydrogen-bond donors (Lipinski definition) is 4. The van der Waals surface area contributed by atoms with E-state index in [1.165, 1.54) is 44.2 Å². The maximum Gasteiger partial charge on any atom is 0.251 e. The van der Waals surface area contributed by atoms with Crippen molar-refractivity contribution in [3.63, 3.8) is 0 Å². The predicted molar refractivity (Wildman–Crippen MR) is 106 cm³/mol. The highest BCUT2D eigenvalue weighted by molar-refractivity contribution is 5.94. The Hall–Kier alpha value is -2.24. The molecule has 1 saturated carbocycles. The van der Waals surface area contributed by atoms with E-state index >= 15 is 0 Å². The molecule has 26 heavy (non-hydrogen) atoms. The van der Waals surface area contributed by atoms with Crippen molar-refractivity contribution >= 4 is 11.9 Å². The van der Waals surface area contributed by atoms with Gasteiger partial charge in [-0.15, -0.1) is 0 Å². The number of hydrogen-bond acceptors (Lipinski definition) is 3. The zero-order valence-corrected chi connectivity index (χ0v) is 15.8. The number of amides is 1. The van der Waals surface area contributed by atoms with E-state index in [4.69, 9.17) is 0 Å². The van der Waals surface area contributed by atoms with E-state index in [1.807, 2.05) is 6.92 Å². The molecule has 0 bridgehead atoms. The first-order chi connectivity index (χ1) is 12.7. The fourth-order valence-electron chi connectivity index (χ4n) is 3.28. The molecule has 1 aliphatic rings. The summed E-state index contributed by atoms with van der Waals surface area (Å²) in [7, 11) is 0. The smallest absolute Gasteiger partial charge is 0.251 e. The zero-order chi connectivity index (χ0) is 18.6. The van der Waals surface area contributed by atoms with Gasteiger partial charge in [0, 0.05) is 31.7 Å². The van der Waals surface area contributed by atoms with E-state index < -0.39 is 0 Å².